The van der Waals surface area contributed by atoms with E-state index in [-0.39, 0.29) is 24.5 Å². The maximum atomic E-state index is 11.8. The minimum Gasteiger partial charge on any atom is -0.391 e. The van der Waals surface area contributed by atoms with Crippen molar-refractivity contribution in [2.75, 3.05) is 20.3 Å². The Hall–Kier alpha value is -0.540. The lowest BCUT2D eigenvalue weighted by Crippen LogP contribution is -2.28. The fourth-order valence-corrected chi connectivity index (χ4v) is 2.81. The van der Waals surface area contributed by atoms with Crippen molar-refractivity contribution < 1.29 is 18.3 Å². The molecule has 1 rings (SSSR count). The standard InChI is InChI=1S/C10H15BrN2O4S/c1-17-7-9(14)2-3-13-18(15,16)10-4-8(11)5-12-6-10/h4-6,9,13-14H,2-3,7H2,1H3. The number of nitrogens with one attached hydrogen (secondary N) is 1. The smallest absolute Gasteiger partial charge is 0.242 e. The molecule has 8 heteroatoms. The summed E-state index contributed by atoms with van der Waals surface area (Å²) in [6.45, 7) is 0.319. The monoisotopic (exact) mass is 338 g/mol. The van der Waals surface area contributed by atoms with E-state index in [4.69, 9.17) is 4.74 Å². The first-order valence-electron chi connectivity index (χ1n) is 5.23. The molecule has 1 atom stereocenters. The molecule has 18 heavy (non-hydrogen) atoms. The number of aliphatic hydroxyl groups excluding tert-OH is 1. The molecule has 0 bridgehead atoms. The topological polar surface area (TPSA) is 88.5 Å². The summed E-state index contributed by atoms with van der Waals surface area (Å²) in [5, 5.41) is 9.38. The molecule has 0 fully saturated rings. The third kappa shape index (κ3) is 4.99. The van der Waals surface area contributed by atoms with Crippen LogP contribution in [-0.4, -0.2) is 44.9 Å². The molecule has 0 aromatic carbocycles. The second-order valence-electron chi connectivity index (χ2n) is 3.63. The van der Waals surface area contributed by atoms with Crippen molar-refractivity contribution in [3.05, 3.63) is 22.9 Å². The van der Waals surface area contributed by atoms with Crippen LogP contribution >= 0.6 is 15.9 Å². The van der Waals surface area contributed by atoms with Gasteiger partial charge in [0.05, 0.1) is 12.7 Å². The first-order valence-corrected chi connectivity index (χ1v) is 7.50. The number of pyridine rings is 1. The molecule has 0 aliphatic rings. The Morgan fingerprint density at radius 1 is 1.56 bits per heavy atom. The summed E-state index contributed by atoms with van der Waals surface area (Å²) >= 11 is 3.16. The summed E-state index contributed by atoms with van der Waals surface area (Å²) in [6, 6.07) is 1.46. The predicted molar refractivity (Wildman–Crippen MR) is 69.6 cm³/mol. The van der Waals surface area contributed by atoms with Crippen LogP contribution in [0.25, 0.3) is 0 Å². The van der Waals surface area contributed by atoms with Crippen molar-refractivity contribution in [2.24, 2.45) is 0 Å². The van der Waals surface area contributed by atoms with E-state index in [1.165, 1.54) is 25.6 Å². The number of nitrogens with zero attached hydrogens (tertiary/aromatic N) is 1. The molecule has 6 nitrogen and oxygen atoms in total. The average molecular weight is 339 g/mol. The van der Waals surface area contributed by atoms with Crippen LogP contribution in [0.4, 0.5) is 0 Å². The highest BCUT2D eigenvalue weighted by Gasteiger charge is 2.15. The van der Waals surface area contributed by atoms with E-state index < -0.39 is 16.1 Å². The highest BCUT2D eigenvalue weighted by molar-refractivity contribution is 9.10. The average Bonchev–Trinajstić information content (AvgIpc) is 2.29. The van der Waals surface area contributed by atoms with Crippen LogP contribution < -0.4 is 4.72 Å². The zero-order chi connectivity index (χ0) is 13.6. The van der Waals surface area contributed by atoms with Gasteiger partial charge in [-0.15, -0.1) is 0 Å². The molecule has 0 saturated heterocycles. The number of hydrogen-bond donors (Lipinski definition) is 2. The van der Waals surface area contributed by atoms with Gasteiger partial charge in [-0.1, -0.05) is 0 Å². The van der Waals surface area contributed by atoms with Gasteiger partial charge in [0.2, 0.25) is 10.0 Å². The van der Waals surface area contributed by atoms with Crippen molar-refractivity contribution in [2.45, 2.75) is 17.4 Å². The van der Waals surface area contributed by atoms with E-state index in [0.717, 1.165) is 0 Å². The predicted octanol–water partition coefficient (Wildman–Crippen LogP) is 0.520. The first kappa shape index (κ1) is 15.5. The van der Waals surface area contributed by atoms with E-state index in [9.17, 15) is 13.5 Å². The van der Waals surface area contributed by atoms with Crippen molar-refractivity contribution in [3.8, 4) is 0 Å². The van der Waals surface area contributed by atoms with Crippen molar-refractivity contribution in [1.29, 1.82) is 0 Å². The number of ether oxygens (including phenoxy) is 1. The summed E-state index contributed by atoms with van der Waals surface area (Å²) in [6.07, 6.45) is 2.37. The van der Waals surface area contributed by atoms with Gasteiger partial charge >= 0.3 is 0 Å². The van der Waals surface area contributed by atoms with Gasteiger partial charge in [0.15, 0.2) is 0 Å². The summed E-state index contributed by atoms with van der Waals surface area (Å²) < 4.78 is 31.4. The number of sulfonamides is 1. The van der Waals surface area contributed by atoms with Crippen LogP contribution in [-0.2, 0) is 14.8 Å². The van der Waals surface area contributed by atoms with E-state index in [1.54, 1.807) is 0 Å². The van der Waals surface area contributed by atoms with Gasteiger partial charge in [-0.2, -0.15) is 0 Å². The number of aliphatic hydroxyl groups is 1. The Bertz CT molecular complexity index is 481. The number of aromatic nitrogens is 1. The Morgan fingerprint density at radius 2 is 2.28 bits per heavy atom. The van der Waals surface area contributed by atoms with Crippen LogP contribution in [0.1, 0.15) is 6.42 Å². The molecule has 0 spiro atoms. The Balaban J connectivity index is 2.55. The van der Waals surface area contributed by atoms with Gasteiger partial charge in [0, 0.05) is 30.5 Å². The highest BCUT2D eigenvalue weighted by atomic mass is 79.9. The van der Waals surface area contributed by atoms with E-state index in [0.29, 0.717) is 4.47 Å². The second-order valence-corrected chi connectivity index (χ2v) is 6.32. The Morgan fingerprint density at radius 3 is 2.89 bits per heavy atom. The zero-order valence-electron chi connectivity index (χ0n) is 9.84. The van der Waals surface area contributed by atoms with E-state index in [1.807, 2.05) is 0 Å². The molecule has 0 amide bonds. The fraction of sp³-hybridized carbons (Fsp3) is 0.500. The van der Waals surface area contributed by atoms with Gasteiger partial charge in [-0.25, -0.2) is 13.1 Å². The number of halogens is 1. The van der Waals surface area contributed by atoms with Gasteiger partial charge in [0.25, 0.3) is 0 Å². The third-order valence-corrected chi connectivity index (χ3v) is 3.98. The molecule has 0 aliphatic heterocycles. The van der Waals surface area contributed by atoms with Gasteiger partial charge in [-0.3, -0.25) is 4.98 Å². The molecule has 0 saturated carbocycles. The second kappa shape index (κ2) is 7.15. The van der Waals surface area contributed by atoms with Crippen molar-refractivity contribution >= 4 is 26.0 Å². The van der Waals surface area contributed by atoms with Crippen molar-refractivity contribution in [1.82, 2.24) is 9.71 Å². The van der Waals surface area contributed by atoms with E-state index in [2.05, 4.69) is 25.6 Å². The van der Waals surface area contributed by atoms with Crippen LogP contribution in [0, 0.1) is 0 Å². The lowest BCUT2D eigenvalue weighted by Gasteiger charge is -2.10. The highest BCUT2D eigenvalue weighted by Crippen LogP contribution is 2.13. The van der Waals surface area contributed by atoms with Gasteiger partial charge in [-0.05, 0) is 28.4 Å². The van der Waals surface area contributed by atoms with Crippen LogP contribution in [0.2, 0.25) is 0 Å². The molecule has 0 aliphatic carbocycles. The lowest BCUT2D eigenvalue weighted by atomic mass is 10.3. The van der Waals surface area contributed by atoms with Crippen LogP contribution in [0.15, 0.2) is 27.8 Å². The molecule has 2 N–H and O–H groups in total. The summed E-state index contributed by atoms with van der Waals surface area (Å²) in [4.78, 5) is 3.87. The molecular weight excluding hydrogens is 324 g/mol. The molecule has 1 aromatic heterocycles. The first-order chi connectivity index (χ1) is 8.45. The quantitative estimate of drug-likeness (QED) is 0.756. The van der Waals surface area contributed by atoms with Gasteiger partial charge < -0.3 is 9.84 Å². The number of hydrogen-bond acceptors (Lipinski definition) is 5. The number of rotatable bonds is 7. The molecule has 1 unspecified atom stereocenters. The molecule has 1 heterocycles. The molecular formula is C10H15BrN2O4S. The SMILES string of the molecule is COCC(O)CCNS(=O)(=O)c1cncc(Br)c1. The largest absolute Gasteiger partial charge is 0.391 e. The Kier molecular flexibility index (Phi) is 6.16. The maximum absolute atomic E-state index is 11.8. The summed E-state index contributed by atoms with van der Waals surface area (Å²) in [7, 11) is -2.12. The lowest BCUT2D eigenvalue weighted by molar-refractivity contribution is 0.0603. The molecule has 0 radical (unpaired) electrons. The zero-order valence-corrected chi connectivity index (χ0v) is 12.2. The van der Waals surface area contributed by atoms with Crippen LogP contribution in [0.3, 0.4) is 0 Å². The maximum Gasteiger partial charge on any atom is 0.242 e. The molecule has 1 aromatic rings. The fourth-order valence-electron chi connectivity index (χ4n) is 1.26. The van der Waals surface area contributed by atoms with Crippen molar-refractivity contribution in [3.63, 3.8) is 0 Å². The van der Waals surface area contributed by atoms with Gasteiger partial charge in [0.1, 0.15) is 4.90 Å². The minimum atomic E-state index is -3.59. The van der Waals surface area contributed by atoms with Crippen LogP contribution in [0.5, 0.6) is 0 Å². The molecule has 102 valence electrons. The summed E-state index contributed by atoms with van der Waals surface area (Å²) in [5.74, 6) is 0. The van der Waals surface area contributed by atoms with E-state index >= 15 is 0 Å². The minimum absolute atomic E-state index is 0.0816. The third-order valence-electron chi connectivity index (χ3n) is 2.12. The Labute approximate surface area is 115 Å². The summed E-state index contributed by atoms with van der Waals surface area (Å²) in [5.41, 5.74) is 0. The number of methoxy groups -OCH3 is 1. The normalized spacial score (nSPS) is 13.5.